The second-order valence-corrected chi connectivity index (χ2v) is 15.6. The van der Waals surface area contributed by atoms with E-state index >= 15 is 0 Å². The Morgan fingerprint density at radius 1 is 0.634 bits per heavy atom. The van der Waals surface area contributed by atoms with Gasteiger partial charge in [-0.15, -0.1) is 0 Å². The summed E-state index contributed by atoms with van der Waals surface area (Å²) in [5.41, 5.74) is -1.22. The van der Waals surface area contributed by atoms with Crippen LogP contribution in [0.2, 0.25) is 0 Å². The average molecular weight is 579 g/mol. The third kappa shape index (κ3) is 3.80. The highest BCUT2D eigenvalue weighted by molar-refractivity contribution is 5.12. The molecule has 9 nitrogen and oxygen atoms in total. The van der Waals surface area contributed by atoms with Gasteiger partial charge in [0, 0.05) is 31.1 Å². The van der Waals surface area contributed by atoms with Crippen LogP contribution < -0.4 is 0 Å². The van der Waals surface area contributed by atoms with Crippen molar-refractivity contribution < 1.29 is 43.6 Å². The normalized spacial score (nSPS) is 61.8. The van der Waals surface area contributed by atoms with Crippen molar-refractivity contribution in [3.63, 3.8) is 0 Å². The highest BCUT2D eigenvalue weighted by Gasteiger charge is 2.71. The standard InChI is InChI=1S/C32H50O9/c1-16-7-9-22-18(3)25(34-27-31(22)20(16)11-13-29(5,36-27)38-40-31)15-24(33)26-19(4)23-10-8-17(2)21-12-14-30(6)37-28(35-26)32(21,23)41-39-30/h16-28,33H,7-15H2,1-6H3/t16-,17-,18-,19-,20+,21+,22+,23+,24+,25-,26?,27-,28-,29+,30+,31?,32?/m1/s1. The summed E-state index contributed by atoms with van der Waals surface area (Å²) in [5.74, 6) is 0.712. The zero-order valence-electron chi connectivity index (χ0n) is 25.6. The number of rotatable bonds is 3. The maximum absolute atomic E-state index is 11.9. The molecule has 3 unspecified atom stereocenters. The van der Waals surface area contributed by atoms with Crippen molar-refractivity contribution in [3.05, 3.63) is 0 Å². The van der Waals surface area contributed by atoms with E-state index in [0.29, 0.717) is 30.1 Å². The second kappa shape index (κ2) is 9.33. The molecule has 1 N–H and O–H groups in total. The van der Waals surface area contributed by atoms with Crippen LogP contribution in [0.1, 0.15) is 99.3 Å². The molecular weight excluding hydrogens is 528 g/mol. The summed E-state index contributed by atoms with van der Waals surface area (Å²) in [6, 6.07) is 0. The molecule has 232 valence electrons. The molecule has 4 bridgehead atoms. The van der Waals surface area contributed by atoms with Gasteiger partial charge < -0.3 is 24.1 Å². The zero-order valence-corrected chi connectivity index (χ0v) is 25.6. The number of aliphatic hydroxyl groups is 1. The van der Waals surface area contributed by atoms with Crippen molar-refractivity contribution in [2.75, 3.05) is 0 Å². The number of hydrogen-bond acceptors (Lipinski definition) is 9. The van der Waals surface area contributed by atoms with Gasteiger partial charge in [-0.2, -0.15) is 0 Å². The minimum Gasteiger partial charge on any atom is -0.390 e. The quantitative estimate of drug-likeness (QED) is 0.451. The second-order valence-electron chi connectivity index (χ2n) is 15.6. The minimum atomic E-state index is -0.827. The summed E-state index contributed by atoms with van der Waals surface area (Å²) in [6.45, 7) is 13.0. The molecular formula is C32H50O9. The number of aliphatic hydroxyl groups excluding tert-OH is 1. The largest absolute Gasteiger partial charge is 0.390 e. The Hall–Kier alpha value is -0.360. The van der Waals surface area contributed by atoms with E-state index < -0.39 is 41.5 Å². The molecule has 8 aliphatic heterocycles. The number of fused-ring (bicyclic) bond motifs is 4. The SMILES string of the molecule is C[C@H]1[C@@H](C[C@H](O)C2O[C@@H]3O[C@]4(C)CC[C@H]5[C@H](C)CC[C@@H]([C@H]2C)C35OO4)O[C@@H]2O[C@]3(C)CC[C@H]4[C@H](C)CC[C@@H]1C24OO3. The molecule has 10 aliphatic rings. The van der Waals surface area contributed by atoms with Gasteiger partial charge in [-0.25, -0.2) is 19.6 Å². The summed E-state index contributed by atoms with van der Waals surface area (Å²) >= 11 is 0. The van der Waals surface area contributed by atoms with E-state index in [2.05, 4.69) is 27.7 Å². The van der Waals surface area contributed by atoms with Crippen LogP contribution in [0.25, 0.3) is 0 Å². The third-order valence-electron chi connectivity index (χ3n) is 13.4. The highest BCUT2D eigenvalue weighted by atomic mass is 17.3. The van der Waals surface area contributed by atoms with Gasteiger partial charge in [0.05, 0.1) is 18.3 Å². The lowest BCUT2D eigenvalue weighted by molar-refractivity contribution is -0.573. The van der Waals surface area contributed by atoms with Crippen LogP contribution in [0, 0.1) is 47.3 Å². The van der Waals surface area contributed by atoms with Gasteiger partial charge in [-0.05, 0) is 87.9 Å². The van der Waals surface area contributed by atoms with Gasteiger partial charge in [0.15, 0.2) is 23.8 Å². The number of hydrogen-bond donors (Lipinski definition) is 1. The lowest BCUT2D eigenvalue weighted by Gasteiger charge is -2.62. The van der Waals surface area contributed by atoms with Crippen LogP contribution >= 0.6 is 0 Å². The maximum atomic E-state index is 11.9. The fraction of sp³-hybridized carbons (Fsp3) is 1.00. The third-order valence-corrected chi connectivity index (χ3v) is 13.4. The van der Waals surface area contributed by atoms with Crippen molar-refractivity contribution in [1.82, 2.24) is 0 Å². The summed E-state index contributed by atoms with van der Waals surface area (Å²) in [6.07, 6.45) is 6.07. The minimum absolute atomic E-state index is 0.0804. The van der Waals surface area contributed by atoms with Gasteiger partial charge in [-0.1, -0.05) is 27.7 Å². The van der Waals surface area contributed by atoms with E-state index in [1.807, 2.05) is 13.8 Å². The van der Waals surface area contributed by atoms with Crippen molar-refractivity contribution >= 4 is 0 Å². The molecule has 8 saturated heterocycles. The van der Waals surface area contributed by atoms with E-state index in [0.717, 1.165) is 51.4 Å². The van der Waals surface area contributed by atoms with Gasteiger partial charge in [0.25, 0.3) is 0 Å². The van der Waals surface area contributed by atoms with E-state index in [-0.39, 0.29) is 35.9 Å². The smallest absolute Gasteiger partial charge is 0.201 e. The molecule has 0 aromatic heterocycles. The van der Waals surface area contributed by atoms with Crippen LogP contribution in [0.4, 0.5) is 0 Å². The fourth-order valence-corrected chi connectivity index (χ4v) is 11.0. The van der Waals surface area contributed by atoms with Gasteiger partial charge >= 0.3 is 0 Å². The molecule has 10 fully saturated rings. The molecule has 10 rings (SSSR count). The molecule has 9 heteroatoms. The van der Waals surface area contributed by atoms with Gasteiger partial charge in [0.2, 0.25) is 11.6 Å². The van der Waals surface area contributed by atoms with Crippen LogP contribution in [-0.2, 0) is 38.5 Å². The molecule has 0 radical (unpaired) electrons. The Morgan fingerprint density at radius 2 is 1.15 bits per heavy atom. The van der Waals surface area contributed by atoms with Crippen LogP contribution in [-0.4, -0.2) is 58.8 Å². The van der Waals surface area contributed by atoms with Gasteiger partial charge in [-0.3, -0.25) is 0 Å². The average Bonchev–Trinajstić information content (AvgIpc) is 3.31. The molecule has 2 saturated carbocycles. The molecule has 41 heavy (non-hydrogen) atoms. The van der Waals surface area contributed by atoms with Gasteiger partial charge in [0.1, 0.15) is 0 Å². The molecule has 2 aliphatic carbocycles. The van der Waals surface area contributed by atoms with E-state index in [1.54, 1.807) is 0 Å². The first kappa shape index (κ1) is 28.1. The summed E-state index contributed by atoms with van der Waals surface area (Å²) < 4.78 is 26.7. The first-order chi connectivity index (χ1) is 19.5. The first-order valence-corrected chi connectivity index (χ1v) is 16.6. The lowest BCUT2D eigenvalue weighted by Crippen LogP contribution is -2.72. The predicted molar refractivity (Wildman–Crippen MR) is 144 cm³/mol. The predicted octanol–water partition coefficient (Wildman–Crippen LogP) is 5.24. The van der Waals surface area contributed by atoms with Crippen LogP contribution in [0.15, 0.2) is 0 Å². The highest BCUT2D eigenvalue weighted by Crippen LogP contribution is 2.63. The zero-order chi connectivity index (χ0) is 28.5. The maximum Gasteiger partial charge on any atom is 0.201 e. The fourth-order valence-electron chi connectivity index (χ4n) is 11.0. The Labute approximate surface area is 244 Å². The van der Waals surface area contributed by atoms with Crippen LogP contribution in [0.3, 0.4) is 0 Å². The van der Waals surface area contributed by atoms with E-state index in [4.69, 9.17) is 38.5 Å². The van der Waals surface area contributed by atoms with Crippen molar-refractivity contribution in [1.29, 1.82) is 0 Å². The van der Waals surface area contributed by atoms with E-state index in [9.17, 15) is 5.11 Å². The Bertz CT molecular complexity index is 1040. The molecule has 0 aromatic rings. The summed E-state index contributed by atoms with van der Waals surface area (Å²) in [7, 11) is 0. The Kier molecular flexibility index (Phi) is 6.40. The molecule has 0 aromatic carbocycles. The van der Waals surface area contributed by atoms with E-state index in [1.165, 1.54) is 0 Å². The molecule has 0 amide bonds. The van der Waals surface area contributed by atoms with Crippen molar-refractivity contribution in [2.24, 2.45) is 47.3 Å². The molecule has 8 heterocycles. The summed E-state index contributed by atoms with van der Waals surface area (Å²) in [5, 5.41) is 11.9. The van der Waals surface area contributed by atoms with Crippen molar-refractivity contribution in [3.8, 4) is 0 Å². The Morgan fingerprint density at radius 3 is 1.71 bits per heavy atom. The monoisotopic (exact) mass is 578 g/mol. The molecule has 17 atom stereocenters. The topological polar surface area (TPSA) is 94.1 Å². The molecule has 2 spiro atoms. The van der Waals surface area contributed by atoms with Crippen molar-refractivity contribution in [2.45, 2.75) is 153 Å². The number of ether oxygens (including phenoxy) is 4. The Balaban J connectivity index is 1.06. The first-order valence-electron chi connectivity index (χ1n) is 16.6. The summed E-state index contributed by atoms with van der Waals surface area (Å²) in [4.78, 5) is 24.6. The lowest BCUT2D eigenvalue weighted by atomic mass is 9.56. The van der Waals surface area contributed by atoms with Crippen LogP contribution in [0.5, 0.6) is 0 Å².